The summed E-state index contributed by atoms with van der Waals surface area (Å²) >= 11 is 0. The molecule has 0 aliphatic heterocycles. The summed E-state index contributed by atoms with van der Waals surface area (Å²) in [5, 5.41) is 3.02. The van der Waals surface area contributed by atoms with E-state index in [2.05, 4.69) is 111 Å². The lowest BCUT2D eigenvalue weighted by atomic mass is 10.0. The van der Waals surface area contributed by atoms with Gasteiger partial charge in [-0.3, -0.25) is 14.2 Å². The highest BCUT2D eigenvalue weighted by Crippen LogP contribution is 2.38. The van der Waals surface area contributed by atoms with E-state index in [4.69, 9.17) is 13.8 Å². The number of unbranched alkanes of at least 4 members (excludes halogenated alkanes) is 28. The number of amides is 1. The maximum absolute atomic E-state index is 13.6. The van der Waals surface area contributed by atoms with Crippen molar-refractivity contribution >= 4 is 19.7 Å². The first-order valence-electron chi connectivity index (χ1n) is 32.5. The second-order valence-electron chi connectivity index (χ2n) is 22.9. The molecule has 0 saturated heterocycles. The smallest absolute Gasteiger partial charge is 0.306 e. The zero-order valence-corrected chi connectivity index (χ0v) is 52.9. The van der Waals surface area contributed by atoms with E-state index in [1.807, 2.05) is 33.3 Å². The van der Waals surface area contributed by atoms with Gasteiger partial charge in [-0.2, -0.15) is 0 Å². The standard InChI is InChI=1S/C69H123N2O7P/c1-7-10-13-16-19-22-25-28-30-32-34-35-37-38-40-43-46-49-52-55-58-61-68(72)70-66(65-77-79(74,75)76-64-63-71(4,5)6)67(60-57-54-51-48-45-42-27-24-21-18-15-12-9-3)78-69(73)62-59-56-53-50-47-44-41-39-36-33-31-29-26-23-20-17-14-11-8-2/h10,13,19-20,22-23,28-31,34-35,38,40,57,60,66-67H,7-9,11-12,14-18,21,24-27,32-33,36-37,39,41-56,58-59,61-65H2,1-6H3,(H-,70,72,74,75)/b13-10-,22-19-,23-20-,30-28-,31-29-,35-34-,40-38-,60-57+. The number of hydrogen-bond acceptors (Lipinski definition) is 7. The molecular weight excluding hydrogens is 1000 g/mol. The van der Waals surface area contributed by atoms with E-state index in [9.17, 15) is 19.0 Å². The van der Waals surface area contributed by atoms with Crippen LogP contribution in [0.5, 0.6) is 0 Å². The number of nitrogens with one attached hydrogen (secondary N) is 1. The highest BCUT2D eigenvalue weighted by Gasteiger charge is 2.27. The molecule has 0 spiro atoms. The second-order valence-corrected chi connectivity index (χ2v) is 24.3. The van der Waals surface area contributed by atoms with Crippen molar-refractivity contribution < 1.29 is 37.3 Å². The molecule has 9 nitrogen and oxygen atoms in total. The van der Waals surface area contributed by atoms with Crippen LogP contribution in [0, 0.1) is 0 Å². The highest BCUT2D eigenvalue weighted by atomic mass is 31.2. The third-order valence-corrected chi connectivity index (χ3v) is 15.0. The molecule has 0 aromatic heterocycles. The largest absolute Gasteiger partial charge is 0.756 e. The number of likely N-dealkylation sites (N-methyl/N-ethyl adjacent to an activating group) is 1. The Morgan fingerprint density at radius 3 is 1.24 bits per heavy atom. The molecule has 456 valence electrons. The van der Waals surface area contributed by atoms with Crippen LogP contribution in [0.4, 0.5) is 0 Å². The lowest BCUT2D eigenvalue weighted by Gasteiger charge is -2.30. The monoisotopic (exact) mass is 1120 g/mol. The Labute approximate surface area is 488 Å². The maximum atomic E-state index is 13.6. The fourth-order valence-electron chi connectivity index (χ4n) is 8.99. The van der Waals surface area contributed by atoms with Gasteiger partial charge in [-0.15, -0.1) is 0 Å². The first kappa shape index (κ1) is 75.9. The zero-order valence-electron chi connectivity index (χ0n) is 52.1. The SMILES string of the molecule is CC/C=C\C/C=C\C/C=C\C/C=C\C/C=C\CCCCCCCC(=O)NC(COP(=O)([O-])OCC[N+](C)(C)C)C(/C=C/CCCCCCCCCCCCC)OC(=O)CCCCCCCCCCC/C=C\C/C=C\CCCCC. The number of carbonyl (C=O) groups excluding carboxylic acids is 2. The van der Waals surface area contributed by atoms with Crippen LogP contribution in [0.2, 0.25) is 0 Å². The Balaban J connectivity index is 5.29. The number of ether oxygens (including phenoxy) is 1. The van der Waals surface area contributed by atoms with Gasteiger partial charge in [0.05, 0.1) is 33.8 Å². The summed E-state index contributed by atoms with van der Waals surface area (Å²) in [6, 6.07) is -0.906. The molecule has 0 aromatic rings. The Hall–Kier alpha value is -3.07. The van der Waals surface area contributed by atoms with Gasteiger partial charge in [0.2, 0.25) is 5.91 Å². The number of allylic oxidation sites excluding steroid dienone is 15. The number of esters is 1. The van der Waals surface area contributed by atoms with Gasteiger partial charge in [-0.1, -0.05) is 253 Å². The molecule has 0 aromatic carbocycles. The molecule has 3 atom stereocenters. The van der Waals surface area contributed by atoms with Gasteiger partial charge >= 0.3 is 5.97 Å². The first-order valence-corrected chi connectivity index (χ1v) is 34.0. The summed E-state index contributed by atoms with van der Waals surface area (Å²) in [4.78, 5) is 40.1. The molecule has 0 aliphatic rings. The quantitative estimate of drug-likeness (QED) is 0.0212. The Kier molecular flexibility index (Phi) is 55.9. The van der Waals surface area contributed by atoms with E-state index in [1.54, 1.807) is 0 Å². The molecule has 10 heteroatoms. The lowest BCUT2D eigenvalue weighted by molar-refractivity contribution is -0.870. The number of nitrogens with zero attached hydrogens (tertiary/aromatic N) is 1. The average Bonchev–Trinajstić information content (AvgIpc) is 3.41. The van der Waals surface area contributed by atoms with Crippen LogP contribution in [0.1, 0.15) is 278 Å². The van der Waals surface area contributed by atoms with Gasteiger partial charge in [0.25, 0.3) is 7.82 Å². The average molecular weight is 1120 g/mol. The molecular formula is C69H123N2O7P. The third kappa shape index (κ3) is 59.4. The fraction of sp³-hybridized carbons (Fsp3) is 0.739. The van der Waals surface area contributed by atoms with Crippen molar-refractivity contribution in [1.82, 2.24) is 5.32 Å². The minimum Gasteiger partial charge on any atom is -0.756 e. The van der Waals surface area contributed by atoms with Crippen molar-refractivity contribution in [3.05, 3.63) is 97.2 Å². The van der Waals surface area contributed by atoms with E-state index in [0.717, 1.165) is 122 Å². The van der Waals surface area contributed by atoms with E-state index in [1.165, 1.54) is 116 Å². The second kappa shape index (κ2) is 58.1. The van der Waals surface area contributed by atoms with Crippen molar-refractivity contribution in [1.29, 1.82) is 0 Å². The summed E-state index contributed by atoms with van der Waals surface area (Å²) in [5.41, 5.74) is 0. The summed E-state index contributed by atoms with van der Waals surface area (Å²) < 4.78 is 30.4. The maximum Gasteiger partial charge on any atom is 0.306 e. The van der Waals surface area contributed by atoms with Crippen molar-refractivity contribution in [3.63, 3.8) is 0 Å². The number of phosphoric ester groups is 1. The molecule has 0 radical (unpaired) electrons. The molecule has 0 bridgehead atoms. The highest BCUT2D eigenvalue weighted by molar-refractivity contribution is 7.45. The predicted octanol–water partition coefficient (Wildman–Crippen LogP) is 19.7. The van der Waals surface area contributed by atoms with Crippen molar-refractivity contribution in [2.75, 3.05) is 40.9 Å². The summed E-state index contributed by atoms with van der Waals surface area (Å²) in [6.07, 6.45) is 77.9. The van der Waals surface area contributed by atoms with Gasteiger partial charge in [0.15, 0.2) is 0 Å². The molecule has 1 N–H and O–H groups in total. The first-order chi connectivity index (χ1) is 38.4. The van der Waals surface area contributed by atoms with Crippen LogP contribution < -0.4 is 10.2 Å². The number of rotatable bonds is 58. The van der Waals surface area contributed by atoms with Gasteiger partial charge in [-0.05, 0) is 109 Å². The van der Waals surface area contributed by atoms with Crippen molar-refractivity contribution in [2.45, 2.75) is 290 Å². The summed E-state index contributed by atoms with van der Waals surface area (Å²) in [5.74, 6) is -0.568. The van der Waals surface area contributed by atoms with Gasteiger partial charge in [0, 0.05) is 12.8 Å². The van der Waals surface area contributed by atoms with E-state index >= 15 is 0 Å². The third-order valence-electron chi connectivity index (χ3n) is 14.0. The van der Waals surface area contributed by atoms with Crippen LogP contribution in [-0.4, -0.2) is 69.4 Å². The Bertz CT molecular complexity index is 1670. The Morgan fingerprint density at radius 2 is 0.810 bits per heavy atom. The van der Waals surface area contributed by atoms with E-state index < -0.39 is 26.6 Å². The number of hydrogen-bond donors (Lipinski definition) is 1. The molecule has 0 aliphatic carbocycles. The fourth-order valence-corrected chi connectivity index (χ4v) is 9.71. The van der Waals surface area contributed by atoms with Crippen LogP contribution in [0.25, 0.3) is 0 Å². The van der Waals surface area contributed by atoms with Crippen LogP contribution >= 0.6 is 7.82 Å². The lowest BCUT2D eigenvalue weighted by Crippen LogP contribution is -2.47. The van der Waals surface area contributed by atoms with E-state index in [-0.39, 0.29) is 31.3 Å². The molecule has 0 saturated carbocycles. The van der Waals surface area contributed by atoms with Crippen LogP contribution in [-0.2, 0) is 27.9 Å². The number of carbonyl (C=O) groups is 2. The van der Waals surface area contributed by atoms with Crippen LogP contribution in [0.15, 0.2) is 97.2 Å². The predicted molar refractivity (Wildman–Crippen MR) is 339 cm³/mol. The van der Waals surface area contributed by atoms with Crippen molar-refractivity contribution in [2.24, 2.45) is 0 Å². The van der Waals surface area contributed by atoms with Gasteiger partial charge in [-0.25, -0.2) is 0 Å². The minimum atomic E-state index is -4.71. The molecule has 0 fully saturated rings. The molecule has 0 rings (SSSR count). The topological polar surface area (TPSA) is 114 Å². The minimum absolute atomic E-state index is 0.0313. The van der Waals surface area contributed by atoms with Gasteiger partial charge in [0.1, 0.15) is 19.3 Å². The van der Waals surface area contributed by atoms with E-state index in [0.29, 0.717) is 17.4 Å². The Morgan fingerprint density at radius 1 is 0.456 bits per heavy atom. The van der Waals surface area contributed by atoms with Crippen molar-refractivity contribution in [3.8, 4) is 0 Å². The molecule has 3 unspecified atom stereocenters. The summed E-state index contributed by atoms with van der Waals surface area (Å²) in [7, 11) is 1.16. The molecule has 0 heterocycles. The summed E-state index contributed by atoms with van der Waals surface area (Å²) in [6.45, 7) is 6.70. The number of phosphoric acid groups is 1. The zero-order chi connectivity index (χ0) is 57.9. The number of quaternary nitrogens is 1. The molecule has 79 heavy (non-hydrogen) atoms. The van der Waals surface area contributed by atoms with Crippen LogP contribution in [0.3, 0.4) is 0 Å². The molecule has 1 amide bonds. The normalized spacial score (nSPS) is 14.3. The van der Waals surface area contributed by atoms with Gasteiger partial charge < -0.3 is 28.5 Å².